The summed E-state index contributed by atoms with van der Waals surface area (Å²) in [6, 6.07) is 50.6. The van der Waals surface area contributed by atoms with Crippen LogP contribution in [-0.4, -0.2) is 4.98 Å². The average molecular weight is 538 g/mol. The molecular weight excluding hydrogens is 515 g/mol. The molecule has 9 rings (SSSR count). The number of benzene rings is 7. The SMILES string of the molecule is c1ccc(-c2nc3ccccc3c3c2ccc2c3sc3cccc(-c4ccc5ccc6ccccc6c5c4)c32)cc1. The van der Waals surface area contributed by atoms with Crippen molar-refractivity contribution in [2.75, 3.05) is 0 Å². The average Bonchev–Trinajstić information content (AvgIpc) is 3.43. The van der Waals surface area contributed by atoms with Gasteiger partial charge in [-0.1, -0.05) is 121 Å². The molecule has 0 aliphatic carbocycles. The van der Waals surface area contributed by atoms with Crippen molar-refractivity contribution in [3.05, 3.63) is 140 Å². The summed E-state index contributed by atoms with van der Waals surface area (Å²) < 4.78 is 2.64. The molecule has 1 nitrogen and oxygen atoms in total. The van der Waals surface area contributed by atoms with Gasteiger partial charge in [-0.15, -0.1) is 11.3 Å². The number of rotatable bonds is 2. The summed E-state index contributed by atoms with van der Waals surface area (Å²) in [5.41, 5.74) is 5.76. The highest BCUT2D eigenvalue weighted by Crippen LogP contribution is 2.46. The molecule has 2 heterocycles. The van der Waals surface area contributed by atoms with Gasteiger partial charge >= 0.3 is 0 Å². The van der Waals surface area contributed by atoms with Crippen molar-refractivity contribution in [3.63, 3.8) is 0 Å². The Hall–Kier alpha value is -5.05. The van der Waals surface area contributed by atoms with Crippen LogP contribution < -0.4 is 0 Å². The summed E-state index contributed by atoms with van der Waals surface area (Å²) in [7, 11) is 0. The first kappa shape index (κ1) is 22.7. The zero-order chi connectivity index (χ0) is 26.9. The molecule has 0 saturated heterocycles. The second-order valence-corrected chi connectivity index (χ2v) is 11.8. The lowest BCUT2D eigenvalue weighted by Crippen LogP contribution is -1.89. The Morgan fingerprint density at radius 3 is 2.07 bits per heavy atom. The van der Waals surface area contributed by atoms with Gasteiger partial charge in [0.05, 0.1) is 11.2 Å². The van der Waals surface area contributed by atoms with E-state index < -0.39 is 0 Å². The van der Waals surface area contributed by atoms with E-state index in [1.165, 1.54) is 69.0 Å². The molecule has 7 aromatic carbocycles. The largest absolute Gasteiger partial charge is 0.247 e. The molecular formula is C39H23NS. The highest BCUT2D eigenvalue weighted by Gasteiger charge is 2.18. The molecule has 0 N–H and O–H groups in total. The van der Waals surface area contributed by atoms with Crippen LogP contribution in [0.1, 0.15) is 0 Å². The minimum atomic E-state index is 1.03. The number of hydrogen-bond acceptors (Lipinski definition) is 2. The van der Waals surface area contributed by atoms with E-state index in [0.717, 1.165) is 16.8 Å². The van der Waals surface area contributed by atoms with Crippen molar-refractivity contribution >= 4 is 74.7 Å². The van der Waals surface area contributed by atoms with Crippen molar-refractivity contribution in [1.82, 2.24) is 4.98 Å². The number of pyridine rings is 1. The lowest BCUT2D eigenvalue weighted by atomic mass is 9.93. The third-order valence-corrected chi connectivity index (χ3v) is 9.62. The number of hydrogen-bond donors (Lipinski definition) is 0. The Labute approximate surface area is 240 Å². The van der Waals surface area contributed by atoms with Crippen LogP contribution in [0.5, 0.6) is 0 Å². The lowest BCUT2D eigenvalue weighted by Gasteiger charge is -2.11. The van der Waals surface area contributed by atoms with Gasteiger partial charge < -0.3 is 0 Å². The zero-order valence-electron chi connectivity index (χ0n) is 22.1. The van der Waals surface area contributed by atoms with E-state index in [2.05, 4.69) is 140 Å². The third-order valence-electron chi connectivity index (χ3n) is 8.43. The van der Waals surface area contributed by atoms with Crippen LogP contribution in [0.4, 0.5) is 0 Å². The Morgan fingerprint density at radius 2 is 1.17 bits per heavy atom. The number of nitrogens with zero attached hydrogens (tertiary/aromatic N) is 1. The first-order valence-corrected chi connectivity index (χ1v) is 14.8. The minimum absolute atomic E-state index is 1.03. The molecule has 0 amide bonds. The number of fused-ring (bicyclic) bond motifs is 10. The second-order valence-electron chi connectivity index (χ2n) is 10.7. The minimum Gasteiger partial charge on any atom is -0.247 e. The van der Waals surface area contributed by atoms with Gasteiger partial charge in [0.15, 0.2) is 0 Å². The van der Waals surface area contributed by atoms with Crippen LogP contribution >= 0.6 is 11.3 Å². The van der Waals surface area contributed by atoms with Crippen LogP contribution in [0.15, 0.2) is 140 Å². The molecule has 0 spiro atoms. The third kappa shape index (κ3) is 3.38. The van der Waals surface area contributed by atoms with Crippen LogP contribution in [0.3, 0.4) is 0 Å². The summed E-state index contributed by atoms with van der Waals surface area (Å²) in [6.07, 6.45) is 0. The molecule has 190 valence electrons. The van der Waals surface area contributed by atoms with Crippen LogP contribution in [-0.2, 0) is 0 Å². The second kappa shape index (κ2) is 8.72. The maximum atomic E-state index is 5.16. The summed E-state index contributed by atoms with van der Waals surface area (Å²) in [4.78, 5) is 5.16. The van der Waals surface area contributed by atoms with E-state index >= 15 is 0 Å². The van der Waals surface area contributed by atoms with Gasteiger partial charge in [-0.2, -0.15) is 0 Å². The van der Waals surface area contributed by atoms with Crippen molar-refractivity contribution < 1.29 is 0 Å². The molecule has 2 aromatic heterocycles. The smallest absolute Gasteiger partial charge is 0.0788 e. The molecule has 0 saturated carbocycles. The Kier molecular flexibility index (Phi) is 4.84. The van der Waals surface area contributed by atoms with Crippen molar-refractivity contribution in [2.24, 2.45) is 0 Å². The predicted molar refractivity (Wildman–Crippen MR) is 178 cm³/mol. The van der Waals surface area contributed by atoms with Crippen LogP contribution in [0.25, 0.3) is 85.8 Å². The van der Waals surface area contributed by atoms with E-state index in [-0.39, 0.29) is 0 Å². The van der Waals surface area contributed by atoms with Gasteiger partial charge in [-0.25, -0.2) is 4.98 Å². The molecule has 0 radical (unpaired) electrons. The topological polar surface area (TPSA) is 12.9 Å². The van der Waals surface area contributed by atoms with Gasteiger partial charge in [-0.3, -0.25) is 0 Å². The molecule has 0 aliphatic heterocycles. The van der Waals surface area contributed by atoms with Crippen LogP contribution in [0.2, 0.25) is 0 Å². The first-order chi connectivity index (χ1) is 20.3. The van der Waals surface area contributed by atoms with Gasteiger partial charge in [-0.05, 0) is 50.9 Å². The van der Waals surface area contributed by atoms with Crippen molar-refractivity contribution in [2.45, 2.75) is 0 Å². The monoisotopic (exact) mass is 537 g/mol. The summed E-state index contributed by atoms with van der Waals surface area (Å²) in [5, 5.41) is 11.5. The van der Waals surface area contributed by atoms with E-state index in [9.17, 15) is 0 Å². The lowest BCUT2D eigenvalue weighted by molar-refractivity contribution is 1.43. The molecule has 0 aliphatic rings. The number of thiophene rings is 1. The van der Waals surface area contributed by atoms with E-state index in [4.69, 9.17) is 4.98 Å². The maximum absolute atomic E-state index is 5.16. The fraction of sp³-hybridized carbons (Fsp3) is 0. The quantitative estimate of drug-likeness (QED) is 0.200. The molecule has 0 bridgehead atoms. The molecule has 41 heavy (non-hydrogen) atoms. The molecule has 2 heteroatoms. The van der Waals surface area contributed by atoms with Gasteiger partial charge in [0.25, 0.3) is 0 Å². The Bertz CT molecular complexity index is 2470. The van der Waals surface area contributed by atoms with Gasteiger partial charge in [0.1, 0.15) is 0 Å². The summed E-state index contributed by atoms with van der Waals surface area (Å²) in [6.45, 7) is 0. The number of para-hydroxylation sites is 1. The standard InChI is InChI=1S/C39H23NS/c1-2-10-26(11-3-1)38-31-21-22-32-36-29(27-20-19-25-18-17-24-9-4-5-12-28(24)33(25)23-27)14-8-16-35(36)41-39(32)37(31)30-13-6-7-15-34(30)40-38/h1-23H. The summed E-state index contributed by atoms with van der Waals surface area (Å²) >= 11 is 1.90. The van der Waals surface area contributed by atoms with Crippen LogP contribution in [0, 0.1) is 0 Å². The fourth-order valence-electron chi connectivity index (χ4n) is 6.54. The number of aromatic nitrogens is 1. The maximum Gasteiger partial charge on any atom is 0.0788 e. The zero-order valence-corrected chi connectivity index (χ0v) is 23.0. The first-order valence-electron chi connectivity index (χ1n) is 14.0. The predicted octanol–water partition coefficient (Wildman–Crippen LogP) is 11.4. The van der Waals surface area contributed by atoms with Crippen molar-refractivity contribution in [1.29, 1.82) is 0 Å². The molecule has 0 atom stereocenters. The highest BCUT2D eigenvalue weighted by molar-refractivity contribution is 7.27. The van der Waals surface area contributed by atoms with Crippen molar-refractivity contribution in [3.8, 4) is 22.4 Å². The van der Waals surface area contributed by atoms with Gasteiger partial charge in [0.2, 0.25) is 0 Å². The van der Waals surface area contributed by atoms with E-state index in [0.29, 0.717) is 0 Å². The normalized spacial score (nSPS) is 11.9. The van der Waals surface area contributed by atoms with E-state index in [1.807, 2.05) is 11.3 Å². The van der Waals surface area contributed by atoms with Gasteiger partial charge in [0, 0.05) is 41.9 Å². The Balaban J connectivity index is 1.38. The molecule has 0 fully saturated rings. The molecule has 0 unspecified atom stereocenters. The highest BCUT2D eigenvalue weighted by atomic mass is 32.1. The summed E-state index contributed by atoms with van der Waals surface area (Å²) in [5.74, 6) is 0. The van der Waals surface area contributed by atoms with E-state index in [1.54, 1.807) is 0 Å². The Morgan fingerprint density at radius 1 is 0.439 bits per heavy atom. The fourth-order valence-corrected chi connectivity index (χ4v) is 7.83. The molecule has 9 aromatic rings.